The number of nitrogens with zero attached hydrogens (tertiary/aromatic N) is 4. The summed E-state index contributed by atoms with van der Waals surface area (Å²) in [4.78, 5) is 26.6. The maximum Gasteiger partial charge on any atom is 0.263 e. The van der Waals surface area contributed by atoms with E-state index < -0.39 is 27.5 Å². The summed E-state index contributed by atoms with van der Waals surface area (Å²) < 4.78 is 33.7. The molecule has 1 atom stereocenters. The second-order valence-corrected chi connectivity index (χ2v) is 10.3. The summed E-state index contributed by atoms with van der Waals surface area (Å²) in [5.74, 6) is 0.145. The number of sulfonamides is 1. The predicted octanol–water partition coefficient (Wildman–Crippen LogP) is 2.91. The van der Waals surface area contributed by atoms with Crippen LogP contribution in [-0.2, 0) is 21.4 Å². The molecule has 11 heteroatoms. The van der Waals surface area contributed by atoms with Gasteiger partial charge >= 0.3 is 0 Å². The highest BCUT2D eigenvalue weighted by atomic mass is 32.2. The largest absolute Gasteiger partial charge is 0.467 e. The third-order valence-electron chi connectivity index (χ3n) is 5.45. The standard InChI is InChI=1S/C22H24N4O5S2/c1-3-25(4-2)33(29,30)16-9-10-21(27)24(14-16)15-22(28)26-18(19-7-5-11-31-19)13-17(23-26)20-8-6-12-32-20/h5-12,14,18H,3-4,13,15H2,1-2H3. The van der Waals surface area contributed by atoms with Crippen LogP contribution in [0, 0.1) is 0 Å². The SMILES string of the molecule is CCN(CC)S(=O)(=O)c1ccc(=O)n(CC(=O)N2N=C(c3cccs3)CC2c2ccco2)c1. The Morgan fingerprint density at radius 2 is 2.00 bits per heavy atom. The van der Waals surface area contributed by atoms with Crippen LogP contribution in [0.5, 0.6) is 0 Å². The van der Waals surface area contributed by atoms with Gasteiger partial charge in [-0.15, -0.1) is 11.3 Å². The Bertz CT molecular complexity index is 1310. The van der Waals surface area contributed by atoms with E-state index in [-0.39, 0.29) is 11.4 Å². The first kappa shape index (κ1) is 23.1. The molecule has 4 rings (SSSR count). The predicted molar refractivity (Wildman–Crippen MR) is 125 cm³/mol. The Morgan fingerprint density at radius 1 is 1.21 bits per heavy atom. The lowest BCUT2D eigenvalue weighted by Gasteiger charge is -2.21. The van der Waals surface area contributed by atoms with Crippen molar-refractivity contribution in [3.63, 3.8) is 0 Å². The Kier molecular flexibility index (Phi) is 6.63. The van der Waals surface area contributed by atoms with Crippen molar-refractivity contribution in [1.29, 1.82) is 0 Å². The van der Waals surface area contributed by atoms with Gasteiger partial charge in [-0.25, -0.2) is 13.4 Å². The van der Waals surface area contributed by atoms with Crippen molar-refractivity contribution in [2.75, 3.05) is 13.1 Å². The molecule has 174 valence electrons. The molecule has 0 fully saturated rings. The van der Waals surface area contributed by atoms with Crippen molar-refractivity contribution in [3.05, 3.63) is 75.2 Å². The fourth-order valence-corrected chi connectivity index (χ4v) is 5.95. The van der Waals surface area contributed by atoms with Crippen molar-refractivity contribution in [2.45, 2.75) is 37.8 Å². The minimum atomic E-state index is -3.77. The number of aromatic nitrogens is 1. The molecule has 1 unspecified atom stereocenters. The van der Waals surface area contributed by atoms with Gasteiger partial charge < -0.3 is 8.98 Å². The van der Waals surface area contributed by atoms with Gasteiger partial charge in [-0.05, 0) is 29.6 Å². The van der Waals surface area contributed by atoms with E-state index in [9.17, 15) is 18.0 Å². The summed E-state index contributed by atoms with van der Waals surface area (Å²) in [5.41, 5.74) is 0.281. The molecule has 0 saturated heterocycles. The van der Waals surface area contributed by atoms with E-state index in [4.69, 9.17) is 4.42 Å². The first-order valence-corrected chi connectivity index (χ1v) is 12.8. The number of hydrogen-bond donors (Lipinski definition) is 0. The second-order valence-electron chi connectivity index (χ2n) is 7.42. The van der Waals surface area contributed by atoms with E-state index in [2.05, 4.69) is 5.10 Å². The van der Waals surface area contributed by atoms with E-state index in [0.717, 1.165) is 21.2 Å². The van der Waals surface area contributed by atoms with Gasteiger partial charge in [0.1, 0.15) is 18.3 Å². The van der Waals surface area contributed by atoms with Crippen LogP contribution in [0.1, 0.15) is 36.9 Å². The van der Waals surface area contributed by atoms with Gasteiger partial charge in [-0.2, -0.15) is 9.41 Å². The highest BCUT2D eigenvalue weighted by Gasteiger charge is 2.35. The molecule has 1 aliphatic heterocycles. The lowest BCUT2D eigenvalue weighted by molar-refractivity contribution is -0.134. The molecular weight excluding hydrogens is 464 g/mol. The lowest BCUT2D eigenvalue weighted by atomic mass is 10.1. The van der Waals surface area contributed by atoms with E-state index in [1.165, 1.54) is 39.2 Å². The number of pyridine rings is 1. The topological polar surface area (TPSA) is 105 Å². The zero-order valence-corrected chi connectivity index (χ0v) is 19.9. The van der Waals surface area contributed by atoms with Gasteiger partial charge in [0.2, 0.25) is 10.0 Å². The smallest absolute Gasteiger partial charge is 0.263 e. The third kappa shape index (κ3) is 4.56. The van der Waals surface area contributed by atoms with Gasteiger partial charge in [0.15, 0.2) is 0 Å². The highest BCUT2D eigenvalue weighted by Crippen LogP contribution is 2.34. The van der Waals surface area contributed by atoms with Gasteiger partial charge in [0.05, 0.1) is 21.7 Å². The van der Waals surface area contributed by atoms with Crippen LogP contribution in [0.2, 0.25) is 0 Å². The molecule has 1 aliphatic rings. The summed E-state index contributed by atoms with van der Waals surface area (Å²) in [7, 11) is -3.77. The molecule has 3 aromatic heterocycles. The minimum Gasteiger partial charge on any atom is -0.467 e. The second kappa shape index (κ2) is 9.46. The fraction of sp³-hybridized carbons (Fsp3) is 0.318. The lowest BCUT2D eigenvalue weighted by Crippen LogP contribution is -2.35. The van der Waals surface area contributed by atoms with Crippen molar-refractivity contribution < 1.29 is 17.6 Å². The average molecular weight is 489 g/mol. The van der Waals surface area contributed by atoms with E-state index >= 15 is 0 Å². The molecule has 0 bridgehead atoms. The normalized spacial score (nSPS) is 16.4. The number of furan rings is 1. The number of hydrogen-bond acceptors (Lipinski definition) is 7. The van der Waals surface area contributed by atoms with E-state index in [1.807, 2.05) is 17.5 Å². The van der Waals surface area contributed by atoms with Crippen molar-refractivity contribution >= 4 is 33.0 Å². The fourth-order valence-electron chi connectivity index (χ4n) is 3.75. The van der Waals surface area contributed by atoms with E-state index in [1.54, 1.807) is 26.0 Å². The van der Waals surface area contributed by atoms with Gasteiger partial charge in [0.25, 0.3) is 11.5 Å². The Balaban J connectivity index is 1.64. The van der Waals surface area contributed by atoms with Gasteiger partial charge in [0, 0.05) is 31.8 Å². The summed E-state index contributed by atoms with van der Waals surface area (Å²) in [5, 5.41) is 7.79. The Labute approximate surface area is 195 Å². The molecule has 9 nitrogen and oxygen atoms in total. The van der Waals surface area contributed by atoms with Crippen LogP contribution in [0.25, 0.3) is 0 Å². The summed E-state index contributed by atoms with van der Waals surface area (Å²) >= 11 is 1.53. The number of thiophene rings is 1. The highest BCUT2D eigenvalue weighted by molar-refractivity contribution is 7.89. The number of carbonyl (C=O) groups is 1. The van der Waals surface area contributed by atoms with Crippen molar-refractivity contribution in [3.8, 4) is 0 Å². The zero-order chi connectivity index (χ0) is 23.6. The van der Waals surface area contributed by atoms with Crippen LogP contribution in [-0.4, -0.2) is 47.0 Å². The summed E-state index contributed by atoms with van der Waals surface area (Å²) in [6.07, 6.45) is 3.23. The zero-order valence-electron chi connectivity index (χ0n) is 18.2. The molecular formula is C22H24N4O5S2. The molecule has 4 heterocycles. The van der Waals surface area contributed by atoms with E-state index in [0.29, 0.717) is 25.3 Å². The first-order valence-electron chi connectivity index (χ1n) is 10.5. The summed E-state index contributed by atoms with van der Waals surface area (Å²) in [6, 6.07) is 9.36. The van der Waals surface area contributed by atoms with Crippen LogP contribution in [0.3, 0.4) is 0 Å². The number of amides is 1. The molecule has 0 N–H and O–H groups in total. The third-order valence-corrected chi connectivity index (χ3v) is 8.40. The monoisotopic (exact) mass is 488 g/mol. The maximum absolute atomic E-state index is 13.3. The molecule has 3 aromatic rings. The van der Waals surface area contributed by atoms with Crippen molar-refractivity contribution in [2.24, 2.45) is 5.10 Å². The van der Waals surface area contributed by atoms with Gasteiger partial charge in [-0.3, -0.25) is 9.59 Å². The minimum absolute atomic E-state index is 0.0367. The van der Waals surface area contributed by atoms with Crippen LogP contribution < -0.4 is 5.56 Å². The molecule has 0 saturated carbocycles. The maximum atomic E-state index is 13.3. The average Bonchev–Trinajstić information content (AvgIpc) is 3.55. The number of carbonyl (C=O) groups excluding carboxylic acids is 1. The number of rotatable bonds is 8. The molecule has 33 heavy (non-hydrogen) atoms. The van der Waals surface area contributed by atoms with Gasteiger partial charge in [-0.1, -0.05) is 19.9 Å². The quantitative estimate of drug-likeness (QED) is 0.485. The molecule has 0 aromatic carbocycles. The molecule has 0 spiro atoms. The van der Waals surface area contributed by atoms with Crippen LogP contribution >= 0.6 is 11.3 Å². The molecule has 0 aliphatic carbocycles. The molecule has 1 amide bonds. The van der Waals surface area contributed by atoms with Crippen LogP contribution in [0.4, 0.5) is 0 Å². The first-order chi connectivity index (χ1) is 15.8. The Morgan fingerprint density at radius 3 is 2.64 bits per heavy atom. The van der Waals surface area contributed by atoms with Crippen LogP contribution in [0.15, 0.2) is 73.4 Å². The number of hydrazone groups is 1. The molecule has 0 radical (unpaired) electrons. The Hall–Kier alpha value is -3.02. The van der Waals surface area contributed by atoms with Crippen molar-refractivity contribution in [1.82, 2.24) is 13.9 Å². The summed E-state index contributed by atoms with van der Waals surface area (Å²) in [6.45, 7) is 3.74.